The molecule has 5 nitrogen and oxygen atoms in total. The highest BCUT2D eigenvalue weighted by Crippen LogP contribution is 2.47. The molecule has 148 valence electrons. The Kier molecular flexibility index (Phi) is 5.09. The predicted molar refractivity (Wildman–Crippen MR) is 110 cm³/mol. The molecular formula is C23H28N2O3. The van der Waals surface area contributed by atoms with E-state index in [2.05, 4.69) is 4.99 Å². The number of aliphatic hydroxyl groups is 1. The highest BCUT2D eigenvalue weighted by atomic mass is 16.3. The zero-order valence-electron chi connectivity index (χ0n) is 16.5. The van der Waals surface area contributed by atoms with Crippen molar-refractivity contribution in [1.82, 2.24) is 0 Å². The van der Waals surface area contributed by atoms with Gasteiger partial charge in [-0.3, -0.25) is 14.6 Å². The van der Waals surface area contributed by atoms with Crippen molar-refractivity contribution in [3.05, 3.63) is 35.6 Å². The summed E-state index contributed by atoms with van der Waals surface area (Å²) in [6.07, 6.45) is 8.13. The quantitative estimate of drug-likeness (QED) is 0.748. The normalized spacial score (nSPS) is 23.0. The molecule has 1 amide bonds. The molecule has 1 heterocycles. The fraction of sp³-hybridized carbons (Fsp3) is 0.522. The molecule has 1 aromatic carbocycles. The van der Waals surface area contributed by atoms with Crippen molar-refractivity contribution in [2.24, 2.45) is 10.4 Å². The molecule has 1 spiro atoms. The maximum Gasteiger partial charge on any atom is 0.227 e. The van der Waals surface area contributed by atoms with E-state index in [0.29, 0.717) is 36.2 Å². The molecule has 0 aromatic heterocycles. The van der Waals surface area contributed by atoms with Crippen molar-refractivity contribution < 1.29 is 14.7 Å². The molecule has 5 heteroatoms. The summed E-state index contributed by atoms with van der Waals surface area (Å²) in [6, 6.07) is 7.52. The standard InChI is InChI=1S/C23H28N2O3/c1-16(22-19(26)14-23(15-20(22)27)10-3-2-4-11-23)24-17-7-5-8-18(13-17)25-12-6-9-21(25)28/h5,7-8,13,26H,2-4,6,9-12,14-15H2,1H3. The second-order valence-corrected chi connectivity index (χ2v) is 8.53. The Hall–Kier alpha value is -2.43. The molecule has 3 aliphatic rings. The average Bonchev–Trinajstić information content (AvgIpc) is 3.08. The predicted octanol–water partition coefficient (Wildman–Crippen LogP) is 5.03. The Morgan fingerprint density at radius 2 is 1.89 bits per heavy atom. The summed E-state index contributed by atoms with van der Waals surface area (Å²) in [6.45, 7) is 2.52. The van der Waals surface area contributed by atoms with Crippen LogP contribution in [0.3, 0.4) is 0 Å². The van der Waals surface area contributed by atoms with Gasteiger partial charge in [0.1, 0.15) is 5.76 Å². The van der Waals surface area contributed by atoms with Gasteiger partial charge in [0, 0.05) is 31.5 Å². The molecule has 1 aromatic rings. The van der Waals surface area contributed by atoms with Gasteiger partial charge in [0.05, 0.1) is 17.0 Å². The molecule has 1 aliphatic heterocycles. The number of benzene rings is 1. The van der Waals surface area contributed by atoms with Crippen molar-refractivity contribution in [3.8, 4) is 0 Å². The Morgan fingerprint density at radius 3 is 2.57 bits per heavy atom. The number of aliphatic imine (C=N–C) groups is 1. The maximum atomic E-state index is 12.9. The van der Waals surface area contributed by atoms with E-state index in [4.69, 9.17) is 0 Å². The first-order valence-corrected chi connectivity index (χ1v) is 10.4. The van der Waals surface area contributed by atoms with Gasteiger partial charge in [-0.05, 0) is 49.8 Å². The zero-order chi connectivity index (χ0) is 19.7. The highest BCUT2D eigenvalue weighted by Gasteiger charge is 2.41. The number of nitrogens with zero attached hydrogens (tertiary/aromatic N) is 2. The molecule has 0 radical (unpaired) electrons. The second-order valence-electron chi connectivity index (χ2n) is 8.53. The molecule has 28 heavy (non-hydrogen) atoms. The number of amides is 1. The first kappa shape index (κ1) is 18.9. The number of carbonyl (C=O) groups excluding carboxylic acids is 2. The lowest BCUT2D eigenvalue weighted by atomic mass is 9.65. The van der Waals surface area contributed by atoms with Crippen LogP contribution in [0.15, 0.2) is 40.6 Å². The largest absolute Gasteiger partial charge is 0.511 e. The molecule has 0 atom stereocenters. The molecular weight excluding hydrogens is 352 g/mol. The lowest BCUT2D eigenvalue weighted by Gasteiger charge is -2.39. The zero-order valence-corrected chi connectivity index (χ0v) is 16.5. The summed E-state index contributed by atoms with van der Waals surface area (Å²) >= 11 is 0. The molecule has 2 aliphatic carbocycles. The third-order valence-electron chi connectivity index (χ3n) is 6.43. The molecule has 0 unspecified atom stereocenters. The number of carbonyl (C=O) groups is 2. The summed E-state index contributed by atoms with van der Waals surface area (Å²) in [5.41, 5.74) is 2.43. The van der Waals surface area contributed by atoms with Crippen molar-refractivity contribution in [2.75, 3.05) is 11.4 Å². The van der Waals surface area contributed by atoms with Crippen LogP contribution in [-0.2, 0) is 9.59 Å². The maximum absolute atomic E-state index is 12.9. The van der Waals surface area contributed by atoms with Crippen LogP contribution in [0.1, 0.15) is 64.7 Å². The molecule has 1 saturated carbocycles. The van der Waals surface area contributed by atoms with Crippen LogP contribution < -0.4 is 4.90 Å². The Morgan fingerprint density at radius 1 is 1.11 bits per heavy atom. The third kappa shape index (κ3) is 3.62. The number of allylic oxidation sites excluding steroid dienone is 2. The Bertz CT molecular complexity index is 862. The van der Waals surface area contributed by atoms with Crippen LogP contribution in [0.4, 0.5) is 11.4 Å². The van der Waals surface area contributed by atoms with Crippen LogP contribution >= 0.6 is 0 Å². The van der Waals surface area contributed by atoms with Crippen LogP contribution in [0, 0.1) is 5.41 Å². The number of hydrogen-bond acceptors (Lipinski definition) is 4. The van der Waals surface area contributed by atoms with Crippen LogP contribution in [0.5, 0.6) is 0 Å². The fourth-order valence-corrected chi connectivity index (χ4v) is 5.06. The second kappa shape index (κ2) is 7.53. The molecule has 0 bridgehead atoms. The fourth-order valence-electron chi connectivity index (χ4n) is 5.06. The monoisotopic (exact) mass is 380 g/mol. The molecule has 4 rings (SSSR count). The topological polar surface area (TPSA) is 70.0 Å². The van der Waals surface area contributed by atoms with Crippen molar-refractivity contribution in [2.45, 2.75) is 64.7 Å². The Labute approximate surface area is 166 Å². The van der Waals surface area contributed by atoms with E-state index in [1.165, 1.54) is 6.42 Å². The summed E-state index contributed by atoms with van der Waals surface area (Å²) in [7, 11) is 0. The van der Waals surface area contributed by atoms with Gasteiger partial charge in [0.25, 0.3) is 0 Å². The lowest BCUT2D eigenvalue weighted by Crippen LogP contribution is -2.34. The minimum atomic E-state index is -0.0424. The van der Waals surface area contributed by atoms with E-state index in [1.807, 2.05) is 24.3 Å². The first-order valence-electron chi connectivity index (χ1n) is 10.4. The van der Waals surface area contributed by atoms with E-state index in [-0.39, 0.29) is 22.9 Å². The summed E-state index contributed by atoms with van der Waals surface area (Å²) in [5.74, 6) is 0.349. The molecule has 1 N–H and O–H groups in total. The minimum Gasteiger partial charge on any atom is -0.511 e. The van der Waals surface area contributed by atoms with Crippen molar-refractivity contribution >= 4 is 28.8 Å². The van der Waals surface area contributed by atoms with Crippen molar-refractivity contribution in [1.29, 1.82) is 0 Å². The first-order chi connectivity index (χ1) is 13.5. The van der Waals surface area contributed by atoms with E-state index < -0.39 is 0 Å². The van der Waals surface area contributed by atoms with Crippen LogP contribution in [-0.4, -0.2) is 29.1 Å². The van der Waals surface area contributed by atoms with Crippen LogP contribution in [0.2, 0.25) is 0 Å². The van der Waals surface area contributed by atoms with Gasteiger partial charge >= 0.3 is 0 Å². The van der Waals surface area contributed by atoms with E-state index in [0.717, 1.165) is 44.3 Å². The number of ketones is 1. The highest BCUT2D eigenvalue weighted by molar-refractivity contribution is 6.23. The summed E-state index contributed by atoms with van der Waals surface area (Å²) in [5, 5.41) is 10.7. The van der Waals surface area contributed by atoms with Gasteiger partial charge in [-0.1, -0.05) is 25.3 Å². The van der Waals surface area contributed by atoms with E-state index in [9.17, 15) is 14.7 Å². The summed E-state index contributed by atoms with van der Waals surface area (Å²) < 4.78 is 0. The number of hydrogen-bond donors (Lipinski definition) is 1. The van der Waals surface area contributed by atoms with Gasteiger partial charge < -0.3 is 10.0 Å². The van der Waals surface area contributed by atoms with E-state index in [1.54, 1.807) is 11.8 Å². The van der Waals surface area contributed by atoms with Gasteiger partial charge in [-0.25, -0.2) is 0 Å². The Balaban J connectivity index is 1.59. The SMILES string of the molecule is CC(=Nc1cccc(N2CCCC2=O)c1)C1=C(O)CC2(CCCCC2)CC1=O. The number of anilines is 1. The third-order valence-corrected chi connectivity index (χ3v) is 6.43. The van der Waals surface area contributed by atoms with Crippen molar-refractivity contribution in [3.63, 3.8) is 0 Å². The van der Waals surface area contributed by atoms with Gasteiger partial charge in [-0.2, -0.15) is 0 Å². The number of aliphatic hydroxyl groups excluding tert-OH is 1. The minimum absolute atomic E-state index is 0.0118. The number of Topliss-reactive ketones (excluding diaryl/α,β-unsaturated/α-hetero) is 1. The molecule has 2 fully saturated rings. The van der Waals surface area contributed by atoms with Gasteiger partial charge in [0.15, 0.2) is 5.78 Å². The van der Waals surface area contributed by atoms with Gasteiger partial charge in [0.2, 0.25) is 5.91 Å². The van der Waals surface area contributed by atoms with E-state index >= 15 is 0 Å². The summed E-state index contributed by atoms with van der Waals surface area (Å²) in [4.78, 5) is 31.3. The molecule has 1 saturated heterocycles. The average molecular weight is 380 g/mol. The smallest absolute Gasteiger partial charge is 0.227 e. The number of rotatable bonds is 3. The van der Waals surface area contributed by atoms with Gasteiger partial charge in [-0.15, -0.1) is 0 Å². The van der Waals surface area contributed by atoms with Crippen LogP contribution in [0.25, 0.3) is 0 Å². The lowest BCUT2D eigenvalue weighted by molar-refractivity contribution is -0.119.